The smallest absolute Gasteiger partial charge is 0.305 e. The summed E-state index contributed by atoms with van der Waals surface area (Å²) >= 11 is 0. The molecule has 0 saturated heterocycles. The summed E-state index contributed by atoms with van der Waals surface area (Å²) in [4.78, 5) is 4.58. The summed E-state index contributed by atoms with van der Waals surface area (Å²) in [6, 6.07) is 16.2. The van der Waals surface area contributed by atoms with Crippen LogP contribution in [-0.4, -0.2) is 19.2 Å². The van der Waals surface area contributed by atoms with Crippen molar-refractivity contribution in [3.63, 3.8) is 0 Å². The van der Waals surface area contributed by atoms with Gasteiger partial charge in [-0.3, -0.25) is 9.56 Å². The van der Waals surface area contributed by atoms with Crippen molar-refractivity contribution in [1.29, 1.82) is 0 Å². The van der Waals surface area contributed by atoms with Crippen LogP contribution in [0.1, 0.15) is 31.0 Å². The molecule has 0 unspecified atom stereocenters. The lowest BCUT2D eigenvalue weighted by atomic mass is 10.1. The lowest BCUT2D eigenvalue weighted by Crippen LogP contribution is -1.99. The number of nitrogens with zero attached hydrogens (tertiary/aromatic N) is 1. The first-order valence-electron chi connectivity index (χ1n) is 7.80. The zero-order valence-electron chi connectivity index (χ0n) is 13.3. The predicted molar refractivity (Wildman–Crippen MR) is 93.1 cm³/mol. The van der Waals surface area contributed by atoms with Gasteiger partial charge < -0.3 is 9.05 Å². The Labute approximate surface area is 136 Å². The molecule has 2 aromatic rings. The minimum absolute atomic E-state index is 0.170. The van der Waals surface area contributed by atoms with Gasteiger partial charge in [-0.25, -0.2) is 0 Å². The molecular formula is C18H20NO3P. The first-order valence-corrected chi connectivity index (χ1v) is 9.41. The highest BCUT2D eigenvalue weighted by Crippen LogP contribution is 2.49. The van der Waals surface area contributed by atoms with Crippen molar-refractivity contribution in [2.45, 2.75) is 19.9 Å². The molecule has 2 aromatic carbocycles. The molecule has 3 rings (SSSR count). The number of benzene rings is 2. The normalized spacial score (nSPS) is 14.2. The van der Waals surface area contributed by atoms with E-state index in [1.54, 1.807) is 13.8 Å². The summed E-state index contributed by atoms with van der Waals surface area (Å²) in [5, 5.41) is 0. The summed E-state index contributed by atoms with van der Waals surface area (Å²) < 4.78 is 23.2. The first-order chi connectivity index (χ1) is 11.2. The van der Waals surface area contributed by atoms with E-state index in [-0.39, 0.29) is 6.04 Å². The second-order valence-electron chi connectivity index (χ2n) is 5.22. The summed E-state index contributed by atoms with van der Waals surface area (Å²) in [5.41, 5.74) is 4.58. The average molecular weight is 329 g/mol. The molecule has 1 aliphatic rings. The van der Waals surface area contributed by atoms with Crippen molar-refractivity contribution in [2.24, 2.45) is 4.99 Å². The molecular weight excluding hydrogens is 309 g/mol. The molecule has 0 aromatic heterocycles. The van der Waals surface area contributed by atoms with Crippen molar-refractivity contribution in [2.75, 3.05) is 13.2 Å². The average Bonchev–Trinajstić information content (AvgIpc) is 2.88. The Balaban J connectivity index is 2.00. The molecule has 1 aliphatic carbocycles. The highest BCUT2D eigenvalue weighted by molar-refractivity contribution is 7.69. The van der Waals surface area contributed by atoms with Crippen molar-refractivity contribution >= 4 is 13.6 Å². The van der Waals surface area contributed by atoms with Crippen LogP contribution >= 0.6 is 7.60 Å². The molecule has 0 fully saturated rings. The van der Waals surface area contributed by atoms with Gasteiger partial charge in [0.05, 0.1) is 13.2 Å². The van der Waals surface area contributed by atoms with E-state index in [2.05, 4.69) is 29.3 Å². The molecule has 0 amide bonds. The quantitative estimate of drug-likeness (QED) is 0.550. The standard InChI is InChI=1S/C18H20NO3P/c1-3-21-23(20,22-4-2)13-19-18-16-11-7-5-9-14(16)15-10-6-8-12-17(15)18/h5-13,18H,3-4H2,1-2H3. The largest absolute Gasteiger partial charge is 0.371 e. The van der Waals surface area contributed by atoms with E-state index in [0.29, 0.717) is 13.2 Å². The third-order valence-electron chi connectivity index (χ3n) is 3.78. The van der Waals surface area contributed by atoms with Crippen LogP contribution in [-0.2, 0) is 13.6 Å². The van der Waals surface area contributed by atoms with Crippen LogP contribution in [0.3, 0.4) is 0 Å². The number of hydrogen-bond donors (Lipinski definition) is 0. The van der Waals surface area contributed by atoms with E-state index >= 15 is 0 Å². The van der Waals surface area contributed by atoms with Crippen molar-refractivity contribution < 1.29 is 13.6 Å². The fourth-order valence-corrected chi connectivity index (χ4v) is 4.13. The van der Waals surface area contributed by atoms with E-state index in [0.717, 1.165) is 11.1 Å². The lowest BCUT2D eigenvalue weighted by molar-refractivity contribution is 0.233. The minimum atomic E-state index is -3.29. The first kappa shape index (κ1) is 16.1. The van der Waals surface area contributed by atoms with Crippen molar-refractivity contribution in [3.8, 4) is 11.1 Å². The molecule has 23 heavy (non-hydrogen) atoms. The Hall–Kier alpha value is -1.74. The van der Waals surface area contributed by atoms with Crippen molar-refractivity contribution in [1.82, 2.24) is 0 Å². The third-order valence-corrected chi connectivity index (χ3v) is 5.43. The van der Waals surface area contributed by atoms with E-state index in [4.69, 9.17) is 9.05 Å². The Morgan fingerprint density at radius 1 is 0.957 bits per heavy atom. The highest BCUT2D eigenvalue weighted by atomic mass is 31.2. The summed E-state index contributed by atoms with van der Waals surface area (Å²) in [6.45, 7) is 4.22. The van der Waals surface area contributed by atoms with Crippen LogP contribution in [0.4, 0.5) is 0 Å². The van der Waals surface area contributed by atoms with Gasteiger partial charge in [-0.15, -0.1) is 0 Å². The van der Waals surface area contributed by atoms with Gasteiger partial charge in [-0.2, -0.15) is 0 Å². The van der Waals surface area contributed by atoms with Crippen LogP contribution in [0, 0.1) is 0 Å². The maximum absolute atomic E-state index is 12.6. The molecule has 0 spiro atoms. The molecule has 4 nitrogen and oxygen atoms in total. The van der Waals surface area contributed by atoms with Gasteiger partial charge in [0, 0.05) is 0 Å². The monoisotopic (exact) mass is 329 g/mol. The second-order valence-corrected chi connectivity index (χ2v) is 7.04. The van der Waals surface area contributed by atoms with E-state index in [1.807, 2.05) is 24.3 Å². The molecule has 0 N–H and O–H groups in total. The Kier molecular flexibility index (Phi) is 4.76. The maximum atomic E-state index is 12.6. The van der Waals surface area contributed by atoms with Crippen LogP contribution in [0.15, 0.2) is 53.5 Å². The van der Waals surface area contributed by atoms with E-state index in [1.165, 1.54) is 17.1 Å². The molecule has 0 bridgehead atoms. The van der Waals surface area contributed by atoms with Gasteiger partial charge in [0.2, 0.25) is 0 Å². The van der Waals surface area contributed by atoms with Gasteiger partial charge >= 0.3 is 7.60 Å². The topological polar surface area (TPSA) is 47.9 Å². The number of aliphatic imine (C=N–C) groups is 1. The number of fused-ring (bicyclic) bond motifs is 3. The van der Waals surface area contributed by atoms with Crippen LogP contribution in [0.5, 0.6) is 0 Å². The van der Waals surface area contributed by atoms with Crippen LogP contribution < -0.4 is 0 Å². The number of hydrogen-bond acceptors (Lipinski definition) is 4. The molecule has 0 heterocycles. The van der Waals surface area contributed by atoms with Crippen LogP contribution in [0.2, 0.25) is 0 Å². The van der Waals surface area contributed by atoms with Gasteiger partial charge in [-0.05, 0) is 36.1 Å². The molecule has 0 saturated carbocycles. The van der Waals surface area contributed by atoms with E-state index < -0.39 is 7.60 Å². The van der Waals surface area contributed by atoms with Gasteiger partial charge in [-0.1, -0.05) is 48.5 Å². The molecule has 5 heteroatoms. The Morgan fingerprint density at radius 3 is 1.91 bits per heavy atom. The zero-order chi connectivity index (χ0) is 16.3. The molecule has 0 aliphatic heterocycles. The van der Waals surface area contributed by atoms with Crippen LogP contribution in [0.25, 0.3) is 11.1 Å². The Bertz CT molecular complexity index is 717. The minimum Gasteiger partial charge on any atom is -0.305 e. The summed E-state index contributed by atoms with van der Waals surface area (Å²) in [7, 11) is -3.29. The second kappa shape index (κ2) is 6.79. The molecule has 0 atom stereocenters. The fourth-order valence-electron chi connectivity index (χ4n) is 2.90. The SMILES string of the molecule is CCOP(=O)(C=NC1c2ccccc2-c2ccccc21)OCC. The lowest BCUT2D eigenvalue weighted by Gasteiger charge is -2.14. The molecule has 0 radical (unpaired) electrons. The van der Waals surface area contributed by atoms with Gasteiger partial charge in [0.25, 0.3) is 0 Å². The fraction of sp³-hybridized carbons (Fsp3) is 0.278. The molecule has 120 valence electrons. The zero-order valence-corrected chi connectivity index (χ0v) is 14.2. The van der Waals surface area contributed by atoms with Gasteiger partial charge in [0.15, 0.2) is 0 Å². The van der Waals surface area contributed by atoms with Crippen molar-refractivity contribution in [3.05, 3.63) is 59.7 Å². The Morgan fingerprint density at radius 2 is 1.43 bits per heavy atom. The van der Waals surface area contributed by atoms with E-state index in [9.17, 15) is 4.57 Å². The summed E-state index contributed by atoms with van der Waals surface area (Å²) in [5.74, 6) is 1.36. The highest BCUT2D eigenvalue weighted by Gasteiger charge is 2.29. The maximum Gasteiger partial charge on any atom is 0.371 e. The number of rotatable bonds is 6. The summed E-state index contributed by atoms with van der Waals surface area (Å²) in [6.07, 6.45) is 0. The third kappa shape index (κ3) is 3.16. The predicted octanol–water partition coefficient (Wildman–Crippen LogP) is 5.05. The van der Waals surface area contributed by atoms with Gasteiger partial charge in [0.1, 0.15) is 12.0 Å².